The van der Waals surface area contributed by atoms with Crippen LogP contribution < -0.4 is 16.2 Å². The lowest BCUT2D eigenvalue weighted by Gasteiger charge is -2.20. The van der Waals surface area contributed by atoms with Crippen molar-refractivity contribution in [3.8, 4) is 0 Å². The minimum Gasteiger partial charge on any atom is -0.443 e. The van der Waals surface area contributed by atoms with Crippen LogP contribution in [0.5, 0.6) is 0 Å². The third kappa shape index (κ3) is 4.97. The number of rotatable bonds is 3. The summed E-state index contributed by atoms with van der Waals surface area (Å²) < 4.78 is 5.02. The number of carbonyl (C=O) groups excluding carboxylic acids is 2. The fourth-order valence-electron chi connectivity index (χ4n) is 1.38. The Morgan fingerprint density at radius 3 is 2.75 bits per heavy atom. The maximum atomic E-state index is 11.2. The Kier molecular flexibility index (Phi) is 4.12. The number of amides is 2. The fraction of sp³-hybridized carbons (Fsp3) is 0.800. The van der Waals surface area contributed by atoms with Crippen LogP contribution in [0, 0.1) is 0 Å². The standard InChI is InChI=1S/C10H19N3O3/c1-10(2,3)16-9(15)13-11-6-7-4-5-8(14)12-7/h7,11H,4-6H2,1-3H3,(H,12,14)(H,13,15). The quantitative estimate of drug-likeness (QED) is 0.608. The van der Waals surface area contributed by atoms with Crippen molar-refractivity contribution in [1.29, 1.82) is 0 Å². The van der Waals surface area contributed by atoms with Gasteiger partial charge in [-0.15, -0.1) is 0 Å². The van der Waals surface area contributed by atoms with Gasteiger partial charge < -0.3 is 10.1 Å². The van der Waals surface area contributed by atoms with E-state index < -0.39 is 11.7 Å². The maximum absolute atomic E-state index is 11.2. The van der Waals surface area contributed by atoms with Crippen LogP contribution in [0.15, 0.2) is 0 Å². The van der Waals surface area contributed by atoms with E-state index >= 15 is 0 Å². The predicted molar refractivity (Wildman–Crippen MR) is 58.5 cm³/mol. The van der Waals surface area contributed by atoms with Crippen LogP contribution in [0.2, 0.25) is 0 Å². The lowest BCUT2D eigenvalue weighted by molar-refractivity contribution is -0.119. The van der Waals surface area contributed by atoms with Gasteiger partial charge in [0, 0.05) is 19.0 Å². The van der Waals surface area contributed by atoms with Gasteiger partial charge in [-0.25, -0.2) is 10.2 Å². The molecule has 1 fully saturated rings. The highest BCUT2D eigenvalue weighted by atomic mass is 16.6. The van der Waals surface area contributed by atoms with E-state index in [1.807, 2.05) is 0 Å². The van der Waals surface area contributed by atoms with Crippen molar-refractivity contribution in [1.82, 2.24) is 16.2 Å². The first-order valence-electron chi connectivity index (χ1n) is 5.38. The van der Waals surface area contributed by atoms with E-state index in [1.165, 1.54) is 0 Å². The molecule has 1 aliphatic rings. The largest absolute Gasteiger partial charge is 0.443 e. The SMILES string of the molecule is CC(C)(C)OC(=O)NNCC1CCC(=O)N1. The maximum Gasteiger partial charge on any atom is 0.422 e. The molecule has 0 saturated carbocycles. The highest BCUT2D eigenvalue weighted by molar-refractivity contribution is 5.78. The van der Waals surface area contributed by atoms with Crippen LogP contribution in [0.4, 0.5) is 4.79 Å². The van der Waals surface area contributed by atoms with Crippen LogP contribution in [0.3, 0.4) is 0 Å². The zero-order valence-electron chi connectivity index (χ0n) is 9.92. The second-order valence-corrected chi connectivity index (χ2v) is 4.81. The van der Waals surface area contributed by atoms with E-state index in [-0.39, 0.29) is 11.9 Å². The first kappa shape index (κ1) is 12.8. The Morgan fingerprint density at radius 1 is 1.56 bits per heavy atom. The van der Waals surface area contributed by atoms with Gasteiger partial charge in [0.2, 0.25) is 5.91 Å². The number of hydrogen-bond donors (Lipinski definition) is 3. The zero-order valence-corrected chi connectivity index (χ0v) is 9.92. The minimum absolute atomic E-state index is 0.0593. The van der Waals surface area contributed by atoms with E-state index in [9.17, 15) is 9.59 Å². The minimum atomic E-state index is -0.517. The van der Waals surface area contributed by atoms with Gasteiger partial charge in [0.15, 0.2) is 0 Å². The van der Waals surface area contributed by atoms with Crippen LogP contribution in [-0.4, -0.2) is 30.2 Å². The van der Waals surface area contributed by atoms with E-state index in [1.54, 1.807) is 20.8 Å². The van der Waals surface area contributed by atoms with Gasteiger partial charge >= 0.3 is 6.09 Å². The smallest absolute Gasteiger partial charge is 0.422 e. The summed E-state index contributed by atoms with van der Waals surface area (Å²) in [6.45, 7) is 5.89. The summed E-state index contributed by atoms with van der Waals surface area (Å²) >= 11 is 0. The van der Waals surface area contributed by atoms with Crippen molar-refractivity contribution in [2.24, 2.45) is 0 Å². The molecule has 1 aliphatic heterocycles. The molecule has 6 heteroatoms. The molecule has 0 spiro atoms. The molecular formula is C10H19N3O3. The van der Waals surface area contributed by atoms with Gasteiger partial charge in [-0.05, 0) is 27.2 Å². The molecule has 1 heterocycles. The molecule has 1 atom stereocenters. The molecule has 0 aliphatic carbocycles. The number of ether oxygens (including phenoxy) is 1. The van der Waals surface area contributed by atoms with E-state index in [0.717, 1.165) is 6.42 Å². The molecule has 1 rings (SSSR count). The van der Waals surface area contributed by atoms with Crippen molar-refractivity contribution in [2.75, 3.05) is 6.54 Å². The molecule has 0 aromatic rings. The lowest BCUT2D eigenvalue weighted by atomic mass is 10.2. The molecular weight excluding hydrogens is 210 g/mol. The zero-order chi connectivity index (χ0) is 12.2. The number of hydrogen-bond acceptors (Lipinski definition) is 4. The molecule has 0 bridgehead atoms. The summed E-state index contributed by atoms with van der Waals surface area (Å²) in [5, 5.41) is 2.78. The van der Waals surface area contributed by atoms with Crippen LogP contribution in [-0.2, 0) is 9.53 Å². The van der Waals surface area contributed by atoms with Gasteiger partial charge in [-0.2, -0.15) is 0 Å². The Bertz CT molecular complexity index is 273. The second-order valence-electron chi connectivity index (χ2n) is 4.81. The predicted octanol–water partition coefficient (Wildman–Crippen LogP) is 0.294. The first-order chi connectivity index (χ1) is 7.37. The van der Waals surface area contributed by atoms with Crippen LogP contribution in [0.25, 0.3) is 0 Å². The molecule has 1 saturated heterocycles. The van der Waals surface area contributed by atoms with Crippen molar-refractivity contribution in [3.63, 3.8) is 0 Å². The summed E-state index contributed by atoms with van der Waals surface area (Å²) in [7, 11) is 0. The van der Waals surface area contributed by atoms with Crippen molar-refractivity contribution in [2.45, 2.75) is 45.3 Å². The third-order valence-corrected chi connectivity index (χ3v) is 2.02. The van der Waals surface area contributed by atoms with Crippen LogP contribution >= 0.6 is 0 Å². The van der Waals surface area contributed by atoms with E-state index in [0.29, 0.717) is 13.0 Å². The van der Waals surface area contributed by atoms with Crippen molar-refractivity contribution >= 4 is 12.0 Å². The molecule has 2 amide bonds. The third-order valence-electron chi connectivity index (χ3n) is 2.02. The van der Waals surface area contributed by atoms with Gasteiger partial charge in [-0.3, -0.25) is 10.2 Å². The summed E-state index contributed by atoms with van der Waals surface area (Å²) in [5.74, 6) is 0.0593. The molecule has 0 aromatic heterocycles. The summed E-state index contributed by atoms with van der Waals surface area (Å²) in [4.78, 5) is 22.1. The summed E-state index contributed by atoms with van der Waals surface area (Å²) in [5.41, 5.74) is 4.64. The topological polar surface area (TPSA) is 79.5 Å². The van der Waals surface area contributed by atoms with Crippen molar-refractivity contribution < 1.29 is 14.3 Å². The number of nitrogens with one attached hydrogen (secondary N) is 3. The van der Waals surface area contributed by atoms with Gasteiger partial charge in [0.1, 0.15) is 5.60 Å². The highest BCUT2D eigenvalue weighted by Crippen LogP contribution is 2.06. The Labute approximate surface area is 95.1 Å². The normalized spacial score (nSPS) is 20.4. The van der Waals surface area contributed by atoms with Crippen LogP contribution in [0.1, 0.15) is 33.6 Å². The molecule has 6 nitrogen and oxygen atoms in total. The van der Waals surface area contributed by atoms with E-state index in [4.69, 9.17) is 4.74 Å². The van der Waals surface area contributed by atoms with Gasteiger partial charge in [0.25, 0.3) is 0 Å². The number of carbonyl (C=O) groups is 2. The van der Waals surface area contributed by atoms with Gasteiger partial charge in [0.05, 0.1) is 0 Å². The highest BCUT2D eigenvalue weighted by Gasteiger charge is 2.21. The Hall–Kier alpha value is -1.30. The molecule has 92 valence electrons. The summed E-state index contributed by atoms with van der Waals surface area (Å²) in [6.07, 6.45) is 0.831. The lowest BCUT2D eigenvalue weighted by Crippen LogP contribution is -2.46. The Balaban J connectivity index is 2.11. The molecule has 1 unspecified atom stereocenters. The Morgan fingerprint density at radius 2 is 2.25 bits per heavy atom. The summed E-state index contributed by atoms with van der Waals surface area (Å²) in [6, 6.07) is 0.0856. The van der Waals surface area contributed by atoms with Gasteiger partial charge in [-0.1, -0.05) is 0 Å². The number of hydrazine groups is 1. The second kappa shape index (κ2) is 5.16. The van der Waals surface area contributed by atoms with E-state index in [2.05, 4.69) is 16.2 Å². The molecule has 16 heavy (non-hydrogen) atoms. The van der Waals surface area contributed by atoms with Crippen molar-refractivity contribution in [3.05, 3.63) is 0 Å². The first-order valence-corrected chi connectivity index (χ1v) is 5.38. The monoisotopic (exact) mass is 229 g/mol. The molecule has 0 aromatic carbocycles. The average Bonchev–Trinajstić information content (AvgIpc) is 2.48. The fourth-order valence-corrected chi connectivity index (χ4v) is 1.38. The average molecular weight is 229 g/mol. The molecule has 3 N–H and O–H groups in total. The molecule has 0 radical (unpaired) electrons.